The maximum Gasteiger partial charge on any atom is 0.253 e. The van der Waals surface area contributed by atoms with E-state index in [2.05, 4.69) is 5.10 Å². The van der Waals surface area contributed by atoms with Gasteiger partial charge >= 0.3 is 0 Å². The van der Waals surface area contributed by atoms with Crippen LogP contribution in [-0.2, 0) is 4.79 Å². The second-order valence-corrected chi connectivity index (χ2v) is 3.19. The van der Waals surface area contributed by atoms with Crippen molar-refractivity contribution in [3.05, 3.63) is 30.1 Å². The number of anilines is 1. The van der Waals surface area contributed by atoms with Gasteiger partial charge in [-0.15, -0.1) is 0 Å². The normalized spacial score (nSPS) is 16.0. The molecule has 0 bridgehead atoms. The van der Waals surface area contributed by atoms with E-state index < -0.39 is 0 Å². The lowest BCUT2D eigenvalue weighted by atomic mass is 10.3. The van der Waals surface area contributed by atoms with Gasteiger partial charge in [0, 0.05) is 5.71 Å². The molecule has 72 valence electrons. The predicted molar refractivity (Wildman–Crippen MR) is 51.6 cm³/mol. The van der Waals surface area contributed by atoms with Crippen LogP contribution in [0.5, 0.6) is 0 Å². The summed E-state index contributed by atoms with van der Waals surface area (Å²) in [6, 6.07) is 5.70. The topological polar surface area (TPSA) is 32.7 Å². The molecule has 0 spiro atoms. The van der Waals surface area contributed by atoms with Crippen molar-refractivity contribution in [2.24, 2.45) is 5.10 Å². The minimum Gasteiger partial charge on any atom is -0.272 e. The first-order valence-electron chi connectivity index (χ1n) is 4.29. The second kappa shape index (κ2) is 3.21. The monoisotopic (exact) mass is 191 g/mol. The van der Waals surface area contributed by atoms with Crippen LogP contribution in [0.1, 0.15) is 13.3 Å². The largest absolute Gasteiger partial charge is 0.272 e. The average Bonchev–Trinajstić information content (AvgIpc) is 2.47. The van der Waals surface area contributed by atoms with Gasteiger partial charge in [0.05, 0.1) is 12.1 Å². The van der Waals surface area contributed by atoms with E-state index in [1.807, 2.05) is 0 Å². The maximum atomic E-state index is 12.6. The molecule has 1 aliphatic heterocycles. The smallest absolute Gasteiger partial charge is 0.253 e. The molecule has 3 nitrogen and oxygen atoms in total. The minimum absolute atomic E-state index is 0.0749. The lowest BCUT2D eigenvalue weighted by molar-refractivity contribution is -0.116. The lowest BCUT2D eigenvalue weighted by Gasteiger charge is -2.10. The maximum absolute atomic E-state index is 12.6. The third-order valence-corrected chi connectivity index (χ3v) is 1.99. The number of rotatable bonds is 1. The Labute approximate surface area is 80.8 Å². The fourth-order valence-electron chi connectivity index (χ4n) is 1.34. The molecule has 0 aromatic heterocycles. The third kappa shape index (κ3) is 1.51. The molecule has 0 N–H and O–H groups in total. The molecule has 1 heterocycles. The predicted octanol–water partition coefficient (Wildman–Crippen LogP) is 1.94. The molecule has 14 heavy (non-hydrogen) atoms. The highest BCUT2D eigenvalue weighted by Gasteiger charge is 2.22. The van der Waals surface area contributed by atoms with Crippen LogP contribution in [0.25, 0.3) is 0 Å². The quantitative estimate of drug-likeness (QED) is 0.667. The molecule has 0 saturated heterocycles. The van der Waals surface area contributed by atoms with Crippen LogP contribution in [0.15, 0.2) is 29.4 Å². The number of halogens is 1. The lowest BCUT2D eigenvalue weighted by Crippen LogP contribution is -2.19. The summed E-state index contributed by atoms with van der Waals surface area (Å²) >= 11 is 0. The van der Waals surface area contributed by atoms with Crippen LogP contribution in [0.3, 0.4) is 0 Å². The molecular weight excluding hydrogens is 182 g/mol. The molecule has 0 atom stereocenters. The van der Waals surface area contributed by atoms with E-state index in [0.717, 1.165) is 5.71 Å². The Hall–Kier alpha value is -1.71. The number of benzene rings is 1. The van der Waals surface area contributed by atoms with Gasteiger partial charge in [-0.05, 0) is 31.2 Å². The zero-order chi connectivity index (χ0) is 10.1. The van der Waals surface area contributed by atoms with E-state index in [9.17, 15) is 9.18 Å². The SMILES string of the molecule is CC1=NN(c2ccc([18F])cc2)C(=O)C1. The van der Waals surface area contributed by atoms with Crippen molar-refractivity contribution < 1.29 is 9.18 Å². The van der Waals surface area contributed by atoms with Crippen molar-refractivity contribution in [1.29, 1.82) is 0 Å². The van der Waals surface area contributed by atoms with Crippen LogP contribution in [-0.4, -0.2) is 11.6 Å². The van der Waals surface area contributed by atoms with Gasteiger partial charge in [-0.25, -0.2) is 9.40 Å². The molecule has 0 fully saturated rings. The zero-order valence-corrected chi connectivity index (χ0v) is 7.70. The van der Waals surface area contributed by atoms with Crippen LogP contribution < -0.4 is 5.01 Å². The number of hydrazone groups is 1. The van der Waals surface area contributed by atoms with Crippen molar-refractivity contribution in [3.63, 3.8) is 0 Å². The molecule has 0 radical (unpaired) electrons. The Balaban J connectivity index is 2.32. The highest BCUT2D eigenvalue weighted by atomic mass is 18.2. The van der Waals surface area contributed by atoms with Gasteiger partial charge in [0.25, 0.3) is 5.91 Å². The number of amides is 1. The standard InChI is InChI=1S/C10H9FN2O/c1-7-6-10(14)13(12-7)9-4-2-8(11)3-5-9/h2-5H,6H2,1H3/i11-1. The Kier molecular flexibility index (Phi) is 2.04. The second-order valence-electron chi connectivity index (χ2n) is 3.19. The summed E-state index contributed by atoms with van der Waals surface area (Å²) in [6.07, 6.45) is 0.345. The molecule has 4 heteroatoms. The Morgan fingerprint density at radius 3 is 2.50 bits per heavy atom. The molecule has 0 saturated carbocycles. The first kappa shape index (κ1) is 8.87. The minimum atomic E-state index is -0.318. The number of hydrogen-bond acceptors (Lipinski definition) is 2. The van der Waals surface area contributed by atoms with Gasteiger partial charge in [0.2, 0.25) is 0 Å². The average molecular weight is 191 g/mol. The van der Waals surface area contributed by atoms with Crippen LogP contribution in [0.4, 0.5) is 10.1 Å². The molecule has 0 unspecified atom stereocenters. The van der Waals surface area contributed by atoms with E-state index in [1.165, 1.54) is 29.3 Å². The van der Waals surface area contributed by atoms with Crippen LogP contribution in [0, 0.1) is 5.82 Å². The molecule has 1 aromatic carbocycles. The molecule has 1 aliphatic rings. The summed E-state index contributed by atoms with van der Waals surface area (Å²) < 4.78 is 12.6. The molecular formula is C10H9FN2O. The van der Waals surface area contributed by atoms with Crippen molar-refractivity contribution in [2.45, 2.75) is 13.3 Å². The van der Waals surface area contributed by atoms with E-state index in [4.69, 9.17) is 0 Å². The molecule has 1 amide bonds. The molecule has 2 rings (SSSR count). The van der Waals surface area contributed by atoms with Crippen molar-refractivity contribution in [2.75, 3.05) is 5.01 Å². The summed E-state index contributed by atoms with van der Waals surface area (Å²) in [5.74, 6) is -0.393. The van der Waals surface area contributed by atoms with Crippen molar-refractivity contribution in [1.82, 2.24) is 0 Å². The summed E-state index contributed by atoms with van der Waals surface area (Å²) in [4.78, 5) is 11.4. The zero-order valence-electron chi connectivity index (χ0n) is 7.70. The summed E-state index contributed by atoms with van der Waals surface area (Å²) in [6.45, 7) is 1.79. The van der Waals surface area contributed by atoms with Crippen LogP contribution >= 0.6 is 0 Å². The first-order chi connectivity index (χ1) is 6.66. The Morgan fingerprint density at radius 1 is 1.36 bits per heavy atom. The number of hydrogen-bond donors (Lipinski definition) is 0. The Bertz CT molecular complexity index is 397. The fraction of sp³-hybridized carbons (Fsp3) is 0.200. The fourth-order valence-corrected chi connectivity index (χ4v) is 1.34. The van der Waals surface area contributed by atoms with E-state index in [-0.39, 0.29) is 11.7 Å². The molecule has 1 aromatic rings. The van der Waals surface area contributed by atoms with E-state index in [1.54, 1.807) is 6.92 Å². The van der Waals surface area contributed by atoms with Gasteiger partial charge in [-0.1, -0.05) is 0 Å². The summed E-state index contributed by atoms with van der Waals surface area (Å²) in [5, 5.41) is 5.35. The van der Waals surface area contributed by atoms with E-state index >= 15 is 0 Å². The summed E-state index contributed by atoms with van der Waals surface area (Å²) in [7, 11) is 0. The van der Waals surface area contributed by atoms with Gasteiger partial charge in [-0.2, -0.15) is 5.10 Å². The highest BCUT2D eigenvalue weighted by molar-refractivity contribution is 6.12. The summed E-state index contributed by atoms with van der Waals surface area (Å²) in [5.41, 5.74) is 1.38. The van der Waals surface area contributed by atoms with Crippen LogP contribution in [0.2, 0.25) is 0 Å². The van der Waals surface area contributed by atoms with Gasteiger partial charge in [0.1, 0.15) is 5.82 Å². The number of nitrogens with zero attached hydrogens (tertiary/aromatic N) is 2. The van der Waals surface area contributed by atoms with Crippen molar-refractivity contribution >= 4 is 17.3 Å². The van der Waals surface area contributed by atoms with E-state index in [0.29, 0.717) is 12.1 Å². The number of carbonyl (C=O) groups excluding carboxylic acids is 1. The number of carbonyl (C=O) groups is 1. The highest BCUT2D eigenvalue weighted by Crippen LogP contribution is 2.20. The Morgan fingerprint density at radius 2 is 2.00 bits per heavy atom. The molecule has 0 aliphatic carbocycles. The van der Waals surface area contributed by atoms with Crippen molar-refractivity contribution in [3.8, 4) is 0 Å². The van der Waals surface area contributed by atoms with Gasteiger partial charge in [-0.3, -0.25) is 4.79 Å². The van der Waals surface area contributed by atoms with Gasteiger partial charge in [0.15, 0.2) is 0 Å². The van der Waals surface area contributed by atoms with Gasteiger partial charge < -0.3 is 0 Å². The first-order valence-corrected chi connectivity index (χ1v) is 4.29. The third-order valence-electron chi connectivity index (χ3n) is 1.99.